The van der Waals surface area contributed by atoms with E-state index in [-0.39, 0.29) is 24.6 Å². The number of carbonyl (C=O) groups is 1. The molecule has 0 radical (unpaired) electrons. The quantitative estimate of drug-likeness (QED) is 0.808. The van der Waals surface area contributed by atoms with Crippen molar-refractivity contribution in [2.75, 3.05) is 19.8 Å². The molecule has 6 nitrogen and oxygen atoms in total. The highest BCUT2D eigenvalue weighted by Gasteiger charge is 2.22. The SMILES string of the molecule is Cc1cc(C)c(CNC(=O)[C@H]2COCCO2)c(=O)[nH]1. The molecule has 2 N–H and O–H groups in total. The maximum atomic E-state index is 11.8. The topological polar surface area (TPSA) is 80.4 Å². The number of pyridine rings is 1. The van der Waals surface area contributed by atoms with Crippen molar-refractivity contribution in [2.45, 2.75) is 26.5 Å². The molecule has 1 aliphatic rings. The highest BCUT2D eigenvalue weighted by molar-refractivity contribution is 5.81. The minimum Gasteiger partial charge on any atom is -0.376 e. The minimum absolute atomic E-state index is 0.168. The van der Waals surface area contributed by atoms with Gasteiger partial charge in [-0.3, -0.25) is 9.59 Å². The molecule has 2 heterocycles. The predicted molar refractivity (Wildman–Crippen MR) is 68.9 cm³/mol. The first-order valence-electron chi connectivity index (χ1n) is 6.24. The van der Waals surface area contributed by atoms with Gasteiger partial charge in [-0.2, -0.15) is 0 Å². The third-order valence-electron chi connectivity index (χ3n) is 3.04. The summed E-state index contributed by atoms with van der Waals surface area (Å²) >= 11 is 0. The van der Waals surface area contributed by atoms with Gasteiger partial charge in [0.1, 0.15) is 0 Å². The number of H-pyrrole nitrogens is 1. The van der Waals surface area contributed by atoms with Crippen LogP contribution in [0.15, 0.2) is 10.9 Å². The summed E-state index contributed by atoms with van der Waals surface area (Å²) in [4.78, 5) is 26.3. The molecular weight excluding hydrogens is 248 g/mol. The molecule has 1 saturated heterocycles. The first-order chi connectivity index (χ1) is 9.08. The van der Waals surface area contributed by atoms with Gasteiger partial charge in [0.05, 0.1) is 19.8 Å². The summed E-state index contributed by atoms with van der Waals surface area (Å²) in [7, 11) is 0. The lowest BCUT2D eigenvalue weighted by Crippen LogP contribution is -2.43. The average molecular weight is 266 g/mol. The third-order valence-corrected chi connectivity index (χ3v) is 3.04. The number of nitrogens with one attached hydrogen (secondary N) is 2. The molecule has 0 unspecified atom stereocenters. The fourth-order valence-corrected chi connectivity index (χ4v) is 2.03. The highest BCUT2D eigenvalue weighted by Crippen LogP contribution is 2.04. The Kier molecular flexibility index (Phi) is 4.34. The second kappa shape index (κ2) is 5.99. The van der Waals surface area contributed by atoms with Crippen molar-refractivity contribution in [2.24, 2.45) is 0 Å². The Morgan fingerprint density at radius 1 is 1.47 bits per heavy atom. The second-order valence-corrected chi connectivity index (χ2v) is 4.60. The van der Waals surface area contributed by atoms with Crippen molar-refractivity contribution in [3.63, 3.8) is 0 Å². The number of carbonyl (C=O) groups excluding carboxylic acids is 1. The van der Waals surface area contributed by atoms with Crippen LogP contribution in [0, 0.1) is 13.8 Å². The van der Waals surface area contributed by atoms with Crippen molar-refractivity contribution in [3.8, 4) is 0 Å². The molecule has 6 heteroatoms. The number of aromatic amines is 1. The molecule has 1 aromatic heterocycles. The lowest BCUT2D eigenvalue weighted by atomic mass is 10.1. The Bertz CT molecular complexity index is 518. The summed E-state index contributed by atoms with van der Waals surface area (Å²) in [5.74, 6) is -0.251. The summed E-state index contributed by atoms with van der Waals surface area (Å²) in [6.07, 6.45) is -0.585. The van der Waals surface area contributed by atoms with Gasteiger partial charge in [-0.1, -0.05) is 0 Å². The van der Waals surface area contributed by atoms with Gasteiger partial charge in [0.15, 0.2) is 6.10 Å². The molecular formula is C13H18N2O4. The molecule has 1 amide bonds. The molecule has 2 rings (SSSR count). The van der Waals surface area contributed by atoms with Crippen LogP contribution in [0.1, 0.15) is 16.8 Å². The fourth-order valence-electron chi connectivity index (χ4n) is 2.03. The molecule has 1 fully saturated rings. The van der Waals surface area contributed by atoms with Gasteiger partial charge >= 0.3 is 0 Å². The molecule has 19 heavy (non-hydrogen) atoms. The summed E-state index contributed by atoms with van der Waals surface area (Å²) in [5, 5.41) is 2.71. The predicted octanol–water partition coefficient (Wildman–Crippen LogP) is 0.0233. The Morgan fingerprint density at radius 2 is 2.26 bits per heavy atom. The lowest BCUT2D eigenvalue weighted by Gasteiger charge is -2.22. The van der Waals surface area contributed by atoms with E-state index in [1.165, 1.54) is 0 Å². The van der Waals surface area contributed by atoms with E-state index in [0.717, 1.165) is 11.3 Å². The summed E-state index contributed by atoms with van der Waals surface area (Å²) < 4.78 is 10.4. The van der Waals surface area contributed by atoms with Gasteiger partial charge in [-0.15, -0.1) is 0 Å². The van der Waals surface area contributed by atoms with Crippen LogP contribution < -0.4 is 10.9 Å². The van der Waals surface area contributed by atoms with Crippen LogP contribution in [0.2, 0.25) is 0 Å². The zero-order valence-electron chi connectivity index (χ0n) is 11.1. The Hall–Kier alpha value is -1.66. The third kappa shape index (κ3) is 3.42. The van der Waals surface area contributed by atoms with Crippen LogP contribution in [0.25, 0.3) is 0 Å². The number of hydrogen-bond acceptors (Lipinski definition) is 4. The zero-order chi connectivity index (χ0) is 13.8. The molecule has 1 aliphatic heterocycles. The smallest absolute Gasteiger partial charge is 0.253 e. The second-order valence-electron chi connectivity index (χ2n) is 4.60. The molecule has 0 spiro atoms. The molecule has 0 saturated carbocycles. The highest BCUT2D eigenvalue weighted by atomic mass is 16.6. The normalized spacial score (nSPS) is 19.2. The van der Waals surface area contributed by atoms with Crippen LogP contribution in [-0.4, -0.2) is 36.8 Å². The van der Waals surface area contributed by atoms with Crippen LogP contribution in [0.5, 0.6) is 0 Å². The first-order valence-corrected chi connectivity index (χ1v) is 6.24. The van der Waals surface area contributed by atoms with Gasteiger partial charge in [-0.05, 0) is 25.5 Å². The number of ether oxygens (including phenoxy) is 2. The van der Waals surface area contributed by atoms with E-state index in [1.54, 1.807) is 0 Å². The monoisotopic (exact) mass is 266 g/mol. The van der Waals surface area contributed by atoms with Gasteiger partial charge in [0.25, 0.3) is 11.5 Å². The molecule has 0 aromatic carbocycles. The summed E-state index contributed by atoms with van der Waals surface area (Å²) in [6.45, 7) is 5.06. The van der Waals surface area contributed by atoms with E-state index in [9.17, 15) is 9.59 Å². The molecule has 104 valence electrons. The Balaban J connectivity index is 1.99. The Morgan fingerprint density at radius 3 is 2.89 bits per heavy atom. The minimum atomic E-state index is -0.585. The van der Waals surface area contributed by atoms with E-state index >= 15 is 0 Å². The van der Waals surface area contributed by atoms with Crippen molar-refractivity contribution >= 4 is 5.91 Å². The van der Waals surface area contributed by atoms with E-state index in [2.05, 4.69) is 10.3 Å². The van der Waals surface area contributed by atoms with E-state index in [4.69, 9.17) is 9.47 Å². The maximum absolute atomic E-state index is 11.8. The standard InChI is InChI=1S/C13H18N2O4/c1-8-5-9(2)15-12(16)10(8)6-14-13(17)11-7-18-3-4-19-11/h5,11H,3-4,6-7H2,1-2H3,(H,14,17)(H,15,16)/t11-/m1/s1. The van der Waals surface area contributed by atoms with E-state index in [1.807, 2.05) is 19.9 Å². The number of amides is 1. The van der Waals surface area contributed by atoms with Crippen LogP contribution in [-0.2, 0) is 20.8 Å². The molecule has 1 atom stereocenters. The molecule has 0 bridgehead atoms. The number of aromatic nitrogens is 1. The zero-order valence-corrected chi connectivity index (χ0v) is 11.1. The van der Waals surface area contributed by atoms with Gasteiger partial charge < -0.3 is 19.8 Å². The van der Waals surface area contributed by atoms with Crippen molar-refractivity contribution in [1.29, 1.82) is 0 Å². The Labute approximate surface area is 111 Å². The van der Waals surface area contributed by atoms with Crippen LogP contribution >= 0.6 is 0 Å². The van der Waals surface area contributed by atoms with E-state index in [0.29, 0.717) is 18.8 Å². The number of rotatable bonds is 3. The van der Waals surface area contributed by atoms with Gasteiger partial charge in [-0.25, -0.2) is 0 Å². The van der Waals surface area contributed by atoms with Gasteiger partial charge in [0.2, 0.25) is 0 Å². The van der Waals surface area contributed by atoms with Crippen LogP contribution in [0.4, 0.5) is 0 Å². The van der Waals surface area contributed by atoms with Gasteiger partial charge in [0, 0.05) is 17.8 Å². The van der Waals surface area contributed by atoms with Crippen LogP contribution in [0.3, 0.4) is 0 Å². The summed E-state index contributed by atoms with van der Waals surface area (Å²) in [6, 6.07) is 1.88. The number of aryl methyl sites for hydroxylation is 2. The average Bonchev–Trinajstić information content (AvgIpc) is 2.38. The molecule has 1 aromatic rings. The van der Waals surface area contributed by atoms with Crippen molar-refractivity contribution in [3.05, 3.63) is 33.2 Å². The number of hydrogen-bond donors (Lipinski definition) is 2. The lowest BCUT2D eigenvalue weighted by molar-refractivity contribution is -0.147. The van der Waals surface area contributed by atoms with Crippen molar-refractivity contribution < 1.29 is 14.3 Å². The largest absolute Gasteiger partial charge is 0.376 e. The van der Waals surface area contributed by atoms with E-state index < -0.39 is 6.10 Å². The maximum Gasteiger partial charge on any atom is 0.253 e. The summed E-state index contributed by atoms with van der Waals surface area (Å²) in [5.41, 5.74) is 2.07. The fraction of sp³-hybridized carbons (Fsp3) is 0.538. The van der Waals surface area contributed by atoms with Crippen molar-refractivity contribution in [1.82, 2.24) is 10.3 Å². The molecule has 0 aliphatic carbocycles. The first kappa shape index (κ1) is 13.8.